The molecule has 0 heterocycles. The number of nitrogens with one attached hydrogen (secondary N) is 1. The number of hydrogen-bond acceptors (Lipinski definition) is 4. The van der Waals surface area contributed by atoms with Gasteiger partial charge in [0.05, 0.1) is 24.5 Å². The third kappa shape index (κ3) is 4.03. The number of rotatable bonds is 4. The number of esters is 1. The maximum absolute atomic E-state index is 11.7. The number of halogens is 1. The minimum absolute atomic E-state index is 0.261. The van der Waals surface area contributed by atoms with Crippen LogP contribution in [0.4, 0.5) is 10.5 Å². The molecule has 0 unspecified atom stereocenters. The summed E-state index contributed by atoms with van der Waals surface area (Å²) in [6.45, 7) is 3.95. The summed E-state index contributed by atoms with van der Waals surface area (Å²) in [5.41, 5.74) is 0.634. The van der Waals surface area contributed by atoms with Crippen molar-refractivity contribution >= 4 is 33.7 Å². The molecule has 0 radical (unpaired) electrons. The van der Waals surface area contributed by atoms with Crippen LogP contribution in [0, 0.1) is 0 Å². The average molecular weight is 316 g/mol. The van der Waals surface area contributed by atoms with Crippen molar-refractivity contribution in [3.63, 3.8) is 0 Å². The van der Waals surface area contributed by atoms with Crippen LogP contribution < -0.4 is 5.32 Å². The number of benzene rings is 1. The maximum Gasteiger partial charge on any atom is 0.411 e. The van der Waals surface area contributed by atoms with Gasteiger partial charge in [-0.05, 0) is 32.0 Å². The molecule has 0 aromatic heterocycles. The Morgan fingerprint density at radius 1 is 1.22 bits per heavy atom. The number of carbonyl (C=O) groups is 2. The standard InChI is InChI=1S/C12H14BrNO4/c1-3-17-11(15)9-7-8(13)5-6-10(9)14-12(16)18-4-2/h5-7H,3-4H2,1-2H3,(H,14,16). The highest BCUT2D eigenvalue weighted by Crippen LogP contribution is 2.22. The lowest BCUT2D eigenvalue weighted by molar-refractivity contribution is 0.0527. The first-order chi connectivity index (χ1) is 8.58. The van der Waals surface area contributed by atoms with E-state index in [9.17, 15) is 9.59 Å². The molecule has 6 heteroatoms. The van der Waals surface area contributed by atoms with E-state index >= 15 is 0 Å². The molecule has 0 saturated carbocycles. The fourth-order valence-electron chi connectivity index (χ4n) is 1.28. The Kier molecular flexibility index (Phi) is 5.64. The van der Waals surface area contributed by atoms with E-state index in [2.05, 4.69) is 21.2 Å². The van der Waals surface area contributed by atoms with Gasteiger partial charge in [0.2, 0.25) is 0 Å². The van der Waals surface area contributed by atoms with Gasteiger partial charge in [-0.3, -0.25) is 5.32 Å². The molecule has 1 aromatic carbocycles. The summed E-state index contributed by atoms with van der Waals surface area (Å²) in [6, 6.07) is 4.90. The number of ether oxygens (including phenoxy) is 2. The van der Waals surface area contributed by atoms with Gasteiger partial charge < -0.3 is 9.47 Å². The van der Waals surface area contributed by atoms with Gasteiger partial charge in [-0.2, -0.15) is 0 Å². The predicted octanol–water partition coefficient (Wildman–Crippen LogP) is 3.19. The van der Waals surface area contributed by atoms with Crippen LogP contribution in [0.25, 0.3) is 0 Å². The molecule has 0 aliphatic heterocycles. The topological polar surface area (TPSA) is 64.6 Å². The Hall–Kier alpha value is -1.56. The zero-order valence-corrected chi connectivity index (χ0v) is 11.7. The molecular weight excluding hydrogens is 302 g/mol. The third-order valence-corrected chi connectivity index (χ3v) is 2.48. The Bertz CT molecular complexity index is 448. The highest BCUT2D eigenvalue weighted by atomic mass is 79.9. The second-order valence-corrected chi connectivity index (χ2v) is 4.17. The molecule has 1 aromatic rings. The summed E-state index contributed by atoms with van der Waals surface area (Å²) in [5.74, 6) is -0.495. The van der Waals surface area contributed by atoms with E-state index < -0.39 is 12.1 Å². The fraction of sp³-hybridized carbons (Fsp3) is 0.333. The van der Waals surface area contributed by atoms with Crippen LogP contribution in [0.3, 0.4) is 0 Å². The van der Waals surface area contributed by atoms with Crippen molar-refractivity contribution in [3.05, 3.63) is 28.2 Å². The Morgan fingerprint density at radius 3 is 2.50 bits per heavy atom. The zero-order valence-electron chi connectivity index (χ0n) is 10.2. The highest BCUT2D eigenvalue weighted by molar-refractivity contribution is 9.10. The van der Waals surface area contributed by atoms with Crippen LogP contribution in [0.5, 0.6) is 0 Å². The lowest BCUT2D eigenvalue weighted by Crippen LogP contribution is -2.16. The van der Waals surface area contributed by atoms with Gasteiger partial charge in [-0.1, -0.05) is 15.9 Å². The van der Waals surface area contributed by atoms with E-state index in [4.69, 9.17) is 9.47 Å². The van der Waals surface area contributed by atoms with Gasteiger partial charge in [-0.25, -0.2) is 9.59 Å². The molecule has 0 spiro atoms. The first-order valence-corrected chi connectivity index (χ1v) is 6.28. The monoisotopic (exact) mass is 315 g/mol. The largest absolute Gasteiger partial charge is 0.462 e. The van der Waals surface area contributed by atoms with Gasteiger partial charge in [0.15, 0.2) is 0 Å². The minimum atomic E-state index is -0.606. The van der Waals surface area contributed by atoms with E-state index in [1.165, 1.54) is 0 Å². The SMILES string of the molecule is CCOC(=O)Nc1ccc(Br)cc1C(=O)OCC. The van der Waals surface area contributed by atoms with Gasteiger partial charge in [-0.15, -0.1) is 0 Å². The molecule has 1 rings (SSSR count). The summed E-state index contributed by atoms with van der Waals surface area (Å²) in [6.07, 6.45) is -0.606. The van der Waals surface area contributed by atoms with Crippen LogP contribution in [0.15, 0.2) is 22.7 Å². The van der Waals surface area contributed by atoms with E-state index in [1.54, 1.807) is 32.0 Å². The number of amides is 1. The Balaban J connectivity index is 2.96. The second kappa shape index (κ2) is 7.00. The van der Waals surface area contributed by atoms with Gasteiger partial charge in [0.25, 0.3) is 0 Å². The van der Waals surface area contributed by atoms with E-state index in [0.29, 0.717) is 5.69 Å². The van der Waals surface area contributed by atoms with Crippen molar-refractivity contribution in [1.29, 1.82) is 0 Å². The van der Waals surface area contributed by atoms with E-state index in [0.717, 1.165) is 4.47 Å². The lowest BCUT2D eigenvalue weighted by atomic mass is 10.2. The summed E-state index contributed by atoms with van der Waals surface area (Å²) in [5, 5.41) is 2.50. The summed E-state index contributed by atoms with van der Waals surface area (Å²) in [4.78, 5) is 23.1. The molecule has 1 N–H and O–H groups in total. The molecule has 0 aliphatic rings. The van der Waals surface area contributed by atoms with Crippen LogP contribution in [-0.4, -0.2) is 25.3 Å². The molecule has 18 heavy (non-hydrogen) atoms. The molecular formula is C12H14BrNO4. The van der Waals surface area contributed by atoms with E-state index in [1.807, 2.05) is 0 Å². The van der Waals surface area contributed by atoms with Crippen molar-refractivity contribution in [2.45, 2.75) is 13.8 Å². The first kappa shape index (κ1) is 14.5. The van der Waals surface area contributed by atoms with Crippen molar-refractivity contribution in [2.75, 3.05) is 18.5 Å². The summed E-state index contributed by atoms with van der Waals surface area (Å²) >= 11 is 3.26. The van der Waals surface area contributed by atoms with Crippen LogP contribution in [0.1, 0.15) is 24.2 Å². The van der Waals surface area contributed by atoms with Crippen molar-refractivity contribution < 1.29 is 19.1 Å². The Labute approximate surface area is 114 Å². The maximum atomic E-state index is 11.7. The molecule has 0 bridgehead atoms. The number of hydrogen-bond donors (Lipinski definition) is 1. The van der Waals surface area contributed by atoms with Crippen molar-refractivity contribution in [1.82, 2.24) is 0 Å². The third-order valence-electron chi connectivity index (χ3n) is 1.99. The zero-order chi connectivity index (χ0) is 13.5. The number of anilines is 1. The van der Waals surface area contributed by atoms with Crippen LogP contribution >= 0.6 is 15.9 Å². The molecule has 1 amide bonds. The fourth-order valence-corrected chi connectivity index (χ4v) is 1.64. The van der Waals surface area contributed by atoms with E-state index in [-0.39, 0.29) is 18.8 Å². The summed E-state index contributed by atoms with van der Waals surface area (Å²) in [7, 11) is 0. The van der Waals surface area contributed by atoms with Crippen LogP contribution in [-0.2, 0) is 9.47 Å². The molecule has 98 valence electrons. The molecule has 0 fully saturated rings. The number of carbonyl (C=O) groups excluding carboxylic acids is 2. The van der Waals surface area contributed by atoms with Gasteiger partial charge in [0, 0.05) is 4.47 Å². The normalized spacial score (nSPS) is 9.72. The lowest BCUT2D eigenvalue weighted by Gasteiger charge is -2.10. The summed E-state index contributed by atoms with van der Waals surface area (Å²) < 4.78 is 10.4. The van der Waals surface area contributed by atoms with Gasteiger partial charge in [0.1, 0.15) is 0 Å². The Morgan fingerprint density at radius 2 is 1.89 bits per heavy atom. The van der Waals surface area contributed by atoms with Gasteiger partial charge >= 0.3 is 12.1 Å². The highest BCUT2D eigenvalue weighted by Gasteiger charge is 2.15. The molecule has 0 atom stereocenters. The van der Waals surface area contributed by atoms with Crippen LogP contribution in [0.2, 0.25) is 0 Å². The molecule has 0 aliphatic carbocycles. The smallest absolute Gasteiger partial charge is 0.411 e. The van der Waals surface area contributed by atoms with Crippen molar-refractivity contribution in [2.24, 2.45) is 0 Å². The molecule has 0 saturated heterocycles. The first-order valence-electron chi connectivity index (χ1n) is 5.49. The molecule has 5 nitrogen and oxygen atoms in total. The quantitative estimate of drug-likeness (QED) is 0.867. The minimum Gasteiger partial charge on any atom is -0.462 e. The average Bonchev–Trinajstić information content (AvgIpc) is 2.32. The predicted molar refractivity (Wildman–Crippen MR) is 70.7 cm³/mol. The van der Waals surface area contributed by atoms with Crippen molar-refractivity contribution in [3.8, 4) is 0 Å². The second-order valence-electron chi connectivity index (χ2n) is 3.26.